The number of aliphatic carboxylic acids is 1. The van der Waals surface area contributed by atoms with Crippen LogP contribution < -0.4 is 5.73 Å². The van der Waals surface area contributed by atoms with Crippen LogP contribution in [-0.4, -0.2) is 59.6 Å². The van der Waals surface area contributed by atoms with Gasteiger partial charge < -0.3 is 35.3 Å². The van der Waals surface area contributed by atoms with E-state index in [9.17, 15) is 23.7 Å². The van der Waals surface area contributed by atoms with Gasteiger partial charge in [-0.05, 0) is 6.42 Å². The molecule has 2 unspecified atom stereocenters. The van der Waals surface area contributed by atoms with Crippen LogP contribution in [0.4, 0.5) is 0 Å². The highest BCUT2D eigenvalue weighted by atomic mass is 31.2. The number of aliphatic imine (C=N–C) groups is 1. The van der Waals surface area contributed by atoms with Gasteiger partial charge in [0.25, 0.3) is 0 Å². The summed E-state index contributed by atoms with van der Waals surface area (Å²) in [6, 6.07) is 0. The van der Waals surface area contributed by atoms with Crippen molar-refractivity contribution >= 4 is 27.1 Å². The lowest BCUT2D eigenvalue weighted by Gasteiger charge is -2.31. The smallest absolute Gasteiger partial charge is 0.353 e. The van der Waals surface area contributed by atoms with Crippen molar-refractivity contribution in [3.63, 3.8) is 0 Å². The first-order valence-electron chi connectivity index (χ1n) is 6.51. The number of carbonyl (C=O) groups is 1. The van der Waals surface area contributed by atoms with Crippen molar-refractivity contribution in [1.29, 1.82) is 0 Å². The third-order valence-corrected chi connectivity index (χ3v) is 4.97. The maximum atomic E-state index is 11.5. The number of carboxylic acids is 1. The fourth-order valence-electron chi connectivity index (χ4n) is 1.70. The van der Waals surface area contributed by atoms with Gasteiger partial charge in [-0.1, -0.05) is 12.2 Å². The Hall–Kier alpha value is -1.48. The Labute approximate surface area is 138 Å². The Morgan fingerprint density at radius 1 is 1.17 bits per heavy atom. The van der Waals surface area contributed by atoms with Gasteiger partial charge in [-0.15, -0.1) is 13.2 Å². The van der Waals surface area contributed by atoms with Gasteiger partial charge in [0.15, 0.2) is 17.5 Å². The molecule has 0 rings (SSSR count). The number of nitrogens with two attached hydrogens (primary N) is 1. The van der Waals surface area contributed by atoms with Crippen molar-refractivity contribution in [2.45, 2.75) is 24.4 Å². The predicted molar refractivity (Wildman–Crippen MR) is 87.3 cm³/mol. The van der Waals surface area contributed by atoms with E-state index in [1.54, 1.807) is 0 Å². The second kappa shape index (κ2) is 9.12. The topological polar surface area (TPSA) is 194 Å². The van der Waals surface area contributed by atoms with Crippen LogP contribution in [-0.2, 0) is 13.9 Å². The summed E-state index contributed by atoms with van der Waals surface area (Å²) >= 11 is 0. The molecule has 0 fully saturated rings. The van der Waals surface area contributed by atoms with Crippen LogP contribution in [0.15, 0.2) is 30.3 Å². The molecular formula is C11H21N3O8P2. The van der Waals surface area contributed by atoms with Gasteiger partial charge >= 0.3 is 21.2 Å². The molecule has 0 saturated carbocycles. The van der Waals surface area contributed by atoms with Crippen LogP contribution in [0, 0.1) is 0 Å². The molecule has 138 valence electrons. The molecule has 0 amide bonds. The third kappa shape index (κ3) is 7.39. The van der Waals surface area contributed by atoms with Gasteiger partial charge in [0.1, 0.15) is 0 Å². The Morgan fingerprint density at radius 2 is 1.71 bits per heavy atom. The van der Waals surface area contributed by atoms with E-state index in [0.717, 1.165) is 17.1 Å². The molecule has 2 atom stereocenters. The molecule has 0 radical (unpaired) electrons. The Kier molecular flexibility index (Phi) is 8.56. The SMILES string of the molecule is C=CC(N=C(N)N(CCCC(=O)O)C(C=C)P(=O)(O)O)P(=O)(O)O. The minimum Gasteiger partial charge on any atom is -0.481 e. The summed E-state index contributed by atoms with van der Waals surface area (Å²) in [4.78, 5) is 51.9. The van der Waals surface area contributed by atoms with Crippen molar-refractivity contribution in [2.24, 2.45) is 10.7 Å². The minimum absolute atomic E-state index is 0.0371. The average Bonchev–Trinajstić information content (AvgIpc) is 2.40. The molecule has 0 aromatic rings. The van der Waals surface area contributed by atoms with Gasteiger partial charge in [-0.25, -0.2) is 4.99 Å². The molecule has 24 heavy (non-hydrogen) atoms. The summed E-state index contributed by atoms with van der Waals surface area (Å²) in [5, 5.41) is 8.64. The summed E-state index contributed by atoms with van der Waals surface area (Å²) in [5.74, 6) is -5.04. The van der Waals surface area contributed by atoms with Crippen molar-refractivity contribution in [3.8, 4) is 0 Å². The van der Waals surface area contributed by atoms with E-state index < -0.39 is 38.7 Å². The molecule has 0 bridgehead atoms. The van der Waals surface area contributed by atoms with Crippen molar-refractivity contribution < 1.29 is 38.6 Å². The molecule has 0 aliphatic rings. The van der Waals surface area contributed by atoms with Gasteiger partial charge in [-0.3, -0.25) is 13.9 Å². The van der Waals surface area contributed by atoms with Crippen LogP contribution >= 0.6 is 15.2 Å². The summed E-state index contributed by atoms with van der Waals surface area (Å²) in [6.45, 7) is 6.27. The average molecular weight is 385 g/mol. The summed E-state index contributed by atoms with van der Waals surface area (Å²) in [7, 11) is -9.48. The molecule has 0 saturated heterocycles. The third-order valence-electron chi connectivity index (χ3n) is 2.78. The quantitative estimate of drug-likeness (QED) is 0.127. The van der Waals surface area contributed by atoms with E-state index in [-0.39, 0.29) is 19.4 Å². The van der Waals surface area contributed by atoms with Crippen molar-refractivity contribution in [1.82, 2.24) is 4.90 Å². The van der Waals surface area contributed by atoms with Crippen LogP contribution in [0.2, 0.25) is 0 Å². The van der Waals surface area contributed by atoms with E-state index in [1.165, 1.54) is 0 Å². The van der Waals surface area contributed by atoms with Gasteiger partial charge in [0, 0.05) is 13.0 Å². The minimum atomic E-state index is -4.76. The number of carboxylic acid groups (broad SMARTS) is 1. The molecule has 7 N–H and O–H groups in total. The van der Waals surface area contributed by atoms with E-state index in [2.05, 4.69) is 18.2 Å². The Morgan fingerprint density at radius 3 is 2.04 bits per heavy atom. The zero-order valence-electron chi connectivity index (χ0n) is 12.7. The van der Waals surface area contributed by atoms with Crippen molar-refractivity contribution in [3.05, 3.63) is 25.3 Å². The van der Waals surface area contributed by atoms with Crippen LogP contribution in [0.1, 0.15) is 12.8 Å². The monoisotopic (exact) mass is 385 g/mol. The maximum Gasteiger partial charge on any atom is 0.353 e. The van der Waals surface area contributed by atoms with Gasteiger partial charge in [0.2, 0.25) is 0 Å². The van der Waals surface area contributed by atoms with Gasteiger partial charge in [0.05, 0.1) is 0 Å². The van der Waals surface area contributed by atoms with Gasteiger partial charge in [-0.2, -0.15) is 0 Å². The predicted octanol–water partition coefficient (Wildman–Crippen LogP) is -0.152. The molecule has 0 aliphatic carbocycles. The highest BCUT2D eigenvalue weighted by Crippen LogP contribution is 2.45. The molecule has 0 spiro atoms. The standard InChI is InChI=1S/C11H21N3O8P2/c1-3-8(23(17,18)19)13-11(12)14(7-5-6-10(15)16)9(4-2)24(20,21)22/h3-4,8-9H,1-2,5-7H2,(H2,12,13)(H,15,16)(H2,17,18,19)(H2,20,21,22). The molecule has 0 heterocycles. The molecular weight excluding hydrogens is 364 g/mol. The Bertz CT molecular complexity index is 596. The fourth-order valence-corrected chi connectivity index (χ4v) is 3.12. The van der Waals surface area contributed by atoms with E-state index in [4.69, 9.17) is 20.6 Å². The number of hydrogen-bond donors (Lipinski definition) is 6. The molecule has 13 heteroatoms. The second-order valence-electron chi connectivity index (χ2n) is 4.65. The molecule has 0 aliphatic heterocycles. The first-order valence-corrected chi connectivity index (χ1v) is 9.88. The van der Waals surface area contributed by atoms with Crippen LogP contribution in [0.3, 0.4) is 0 Å². The zero-order chi connectivity index (χ0) is 19.1. The number of rotatable bonds is 10. The maximum absolute atomic E-state index is 11.5. The summed E-state index contributed by atoms with van der Waals surface area (Å²) in [5.41, 5.74) is 5.63. The largest absolute Gasteiger partial charge is 0.481 e. The lowest BCUT2D eigenvalue weighted by molar-refractivity contribution is -0.137. The van der Waals surface area contributed by atoms with Crippen LogP contribution in [0.25, 0.3) is 0 Å². The molecule has 11 nitrogen and oxygen atoms in total. The summed E-state index contributed by atoms with van der Waals surface area (Å²) in [6.07, 6.45) is 1.39. The number of guanidine groups is 1. The normalized spacial score (nSPS) is 15.4. The van der Waals surface area contributed by atoms with E-state index >= 15 is 0 Å². The zero-order valence-corrected chi connectivity index (χ0v) is 14.5. The summed E-state index contributed by atoms with van der Waals surface area (Å²) < 4.78 is 22.8. The second-order valence-corrected chi connectivity index (χ2v) is 8.07. The number of hydrogen-bond acceptors (Lipinski definition) is 4. The number of nitrogens with zero attached hydrogens (tertiary/aromatic N) is 2. The first kappa shape index (κ1) is 22.5. The fraction of sp³-hybridized carbons (Fsp3) is 0.455. The molecule has 0 aromatic heterocycles. The highest BCUT2D eigenvalue weighted by Gasteiger charge is 2.34. The molecule has 0 aromatic carbocycles. The lowest BCUT2D eigenvalue weighted by atomic mass is 10.3. The lowest BCUT2D eigenvalue weighted by Crippen LogP contribution is -2.45. The Balaban J connectivity index is 5.69. The van der Waals surface area contributed by atoms with E-state index in [0.29, 0.717) is 0 Å². The van der Waals surface area contributed by atoms with Crippen LogP contribution in [0.5, 0.6) is 0 Å². The highest BCUT2D eigenvalue weighted by molar-refractivity contribution is 7.53. The first-order chi connectivity index (χ1) is 10.8. The van der Waals surface area contributed by atoms with Crippen molar-refractivity contribution in [2.75, 3.05) is 6.54 Å². The van der Waals surface area contributed by atoms with E-state index in [1.807, 2.05) is 0 Å².